The molecule has 0 aliphatic carbocycles. The van der Waals surface area contributed by atoms with Gasteiger partial charge in [0.25, 0.3) is 5.91 Å². The number of rotatable bonds is 10. The normalized spacial score (nSPS) is 18.4. The van der Waals surface area contributed by atoms with Crippen LogP contribution in [0.25, 0.3) is 0 Å². The minimum absolute atomic E-state index is 0.0929. The molecule has 1 unspecified atom stereocenters. The number of fused-ring (bicyclic) bond motifs is 1. The van der Waals surface area contributed by atoms with E-state index < -0.39 is 0 Å². The van der Waals surface area contributed by atoms with Crippen LogP contribution in [0.15, 0.2) is 24.3 Å². The fraction of sp³-hybridized carbons (Fsp3) is 0.577. The number of ether oxygens (including phenoxy) is 2. The summed E-state index contributed by atoms with van der Waals surface area (Å²) in [5.74, 6) is -0.428. The third-order valence-electron chi connectivity index (χ3n) is 7.12. The molecule has 9 heteroatoms. The van der Waals surface area contributed by atoms with E-state index in [1.807, 2.05) is 16.8 Å². The van der Waals surface area contributed by atoms with E-state index in [1.165, 1.54) is 13.5 Å². The summed E-state index contributed by atoms with van der Waals surface area (Å²) >= 11 is 0. The average molecular weight is 484 g/mol. The molecule has 2 aliphatic heterocycles. The fourth-order valence-electron chi connectivity index (χ4n) is 5.19. The number of aromatic nitrogens is 2. The Morgan fingerprint density at radius 3 is 2.69 bits per heavy atom. The van der Waals surface area contributed by atoms with E-state index in [9.17, 15) is 9.59 Å². The molecule has 0 saturated carbocycles. The van der Waals surface area contributed by atoms with Gasteiger partial charge in [-0.15, -0.1) is 0 Å². The highest BCUT2D eigenvalue weighted by Gasteiger charge is 2.29. The summed E-state index contributed by atoms with van der Waals surface area (Å²) < 4.78 is 12.0. The number of carbonyl (C=O) groups excluding carboxylic acids is 2. The summed E-state index contributed by atoms with van der Waals surface area (Å²) in [7, 11) is 3.06. The molecule has 1 atom stereocenters. The summed E-state index contributed by atoms with van der Waals surface area (Å²) in [6, 6.07) is 7.90. The minimum Gasteiger partial charge on any atom is -0.465 e. The standard InChI is InChI=1S/C26H37N5O4/c1-4-30-12-5-6-21(30)16-27-25(32)24-22-18-29(13-11-23(22)31(28-24)14-15-34-2)17-19-7-9-20(10-8-19)26(33)35-3/h7-10,21H,4-6,11-18H2,1-3H3,(H,27,32). The average Bonchev–Trinajstić information content (AvgIpc) is 3.50. The van der Waals surface area contributed by atoms with Crippen LogP contribution in [-0.2, 0) is 35.5 Å². The molecule has 2 aliphatic rings. The Kier molecular flexibility index (Phi) is 8.54. The van der Waals surface area contributed by atoms with Gasteiger partial charge >= 0.3 is 5.97 Å². The van der Waals surface area contributed by atoms with Gasteiger partial charge in [0.15, 0.2) is 5.69 Å². The van der Waals surface area contributed by atoms with Crippen molar-refractivity contribution in [2.75, 3.05) is 47.0 Å². The van der Waals surface area contributed by atoms with Crippen LogP contribution < -0.4 is 5.32 Å². The Labute approximate surface area is 207 Å². The van der Waals surface area contributed by atoms with Gasteiger partial charge in [0.05, 0.1) is 25.8 Å². The molecule has 0 radical (unpaired) electrons. The van der Waals surface area contributed by atoms with Crippen LogP contribution in [0.3, 0.4) is 0 Å². The number of benzene rings is 1. The van der Waals surface area contributed by atoms with Crippen LogP contribution in [-0.4, -0.2) is 84.5 Å². The number of methoxy groups -OCH3 is 2. The molecule has 1 amide bonds. The first-order chi connectivity index (χ1) is 17.0. The van der Waals surface area contributed by atoms with Gasteiger partial charge in [-0.2, -0.15) is 5.10 Å². The number of likely N-dealkylation sites (tertiary alicyclic amines) is 1. The number of carbonyl (C=O) groups is 2. The van der Waals surface area contributed by atoms with Crippen molar-refractivity contribution in [3.05, 3.63) is 52.3 Å². The van der Waals surface area contributed by atoms with Gasteiger partial charge in [-0.3, -0.25) is 19.3 Å². The van der Waals surface area contributed by atoms with Crippen molar-refractivity contribution in [2.24, 2.45) is 0 Å². The van der Waals surface area contributed by atoms with Gasteiger partial charge in [-0.25, -0.2) is 4.79 Å². The monoisotopic (exact) mass is 483 g/mol. The predicted molar refractivity (Wildman–Crippen MR) is 132 cm³/mol. The maximum absolute atomic E-state index is 13.3. The topological polar surface area (TPSA) is 88.9 Å². The Bertz CT molecular complexity index is 1020. The minimum atomic E-state index is -0.335. The van der Waals surface area contributed by atoms with E-state index in [0.717, 1.165) is 55.8 Å². The number of amides is 1. The largest absolute Gasteiger partial charge is 0.465 e. The lowest BCUT2D eigenvalue weighted by Crippen LogP contribution is -2.40. The second-order valence-electron chi connectivity index (χ2n) is 9.27. The first kappa shape index (κ1) is 25.3. The molecule has 3 heterocycles. The highest BCUT2D eigenvalue weighted by atomic mass is 16.5. The molecule has 9 nitrogen and oxygen atoms in total. The van der Waals surface area contributed by atoms with Crippen molar-refractivity contribution in [2.45, 2.75) is 51.9 Å². The van der Waals surface area contributed by atoms with Crippen molar-refractivity contribution in [3.8, 4) is 0 Å². The summed E-state index contributed by atoms with van der Waals surface area (Å²) in [4.78, 5) is 29.7. The molecule has 1 aromatic heterocycles. The lowest BCUT2D eigenvalue weighted by atomic mass is 10.0. The van der Waals surface area contributed by atoms with Gasteiger partial charge in [0.2, 0.25) is 0 Å². The molecule has 1 aromatic carbocycles. The van der Waals surface area contributed by atoms with E-state index >= 15 is 0 Å². The molecule has 0 spiro atoms. The number of nitrogens with one attached hydrogen (secondary N) is 1. The zero-order valence-electron chi connectivity index (χ0n) is 21.1. The zero-order valence-corrected chi connectivity index (χ0v) is 21.1. The second kappa shape index (κ2) is 11.8. The lowest BCUT2D eigenvalue weighted by Gasteiger charge is -2.28. The number of likely N-dealkylation sites (N-methyl/N-ethyl adjacent to an activating group) is 1. The molecule has 4 rings (SSSR count). The number of esters is 1. The fourth-order valence-corrected chi connectivity index (χ4v) is 5.19. The molecule has 1 saturated heterocycles. The smallest absolute Gasteiger partial charge is 0.337 e. The Morgan fingerprint density at radius 1 is 1.17 bits per heavy atom. The van der Waals surface area contributed by atoms with E-state index in [-0.39, 0.29) is 11.9 Å². The maximum atomic E-state index is 13.3. The molecular weight excluding hydrogens is 446 g/mol. The van der Waals surface area contributed by atoms with Crippen LogP contribution >= 0.6 is 0 Å². The predicted octanol–water partition coefficient (Wildman–Crippen LogP) is 2.09. The van der Waals surface area contributed by atoms with E-state index in [1.54, 1.807) is 19.2 Å². The van der Waals surface area contributed by atoms with E-state index in [4.69, 9.17) is 14.6 Å². The number of nitrogens with zero attached hydrogens (tertiary/aromatic N) is 4. The second-order valence-corrected chi connectivity index (χ2v) is 9.27. The van der Waals surface area contributed by atoms with Gasteiger partial charge < -0.3 is 14.8 Å². The molecule has 35 heavy (non-hydrogen) atoms. The molecular formula is C26H37N5O4. The highest BCUT2D eigenvalue weighted by molar-refractivity contribution is 5.94. The van der Waals surface area contributed by atoms with E-state index in [2.05, 4.69) is 22.0 Å². The SMILES string of the molecule is CCN1CCCC1CNC(=O)c1nn(CCOC)c2c1CN(Cc1ccc(C(=O)OC)cc1)CC2. The third-order valence-corrected chi connectivity index (χ3v) is 7.12. The quantitative estimate of drug-likeness (QED) is 0.518. The first-order valence-corrected chi connectivity index (χ1v) is 12.5. The lowest BCUT2D eigenvalue weighted by molar-refractivity contribution is 0.0600. The van der Waals surface area contributed by atoms with Crippen molar-refractivity contribution in [1.82, 2.24) is 24.9 Å². The summed E-state index contributed by atoms with van der Waals surface area (Å²) in [5, 5.41) is 7.89. The van der Waals surface area contributed by atoms with Crippen LogP contribution in [0, 0.1) is 0 Å². The molecule has 2 aromatic rings. The van der Waals surface area contributed by atoms with Gasteiger partial charge in [-0.1, -0.05) is 19.1 Å². The van der Waals surface area contributed by atoms with Gasteiger partial charge in [-0.05, 0) is 43.6 Å². The first-order valence-electron chi connectivity index (χ1n) is 12.5. The number of hydrogen-bond donors (Lipinski definition) is 1. The number of hydrogen-bond acceptors (Lipinski definition) is 7. The van der Waals surface area contributed by atoms with Crippen LogP contribution in [0.5, 0.6) is 0 Å². The van der Waals surface area contributed by atoms with Crippen LogP contribution in [0.2, 0.25) is 0 Å². The Hall–Kier alpha value is -2.75. The Balaban J connectivity index is 1.47. The van der Waals surface area contributed by atoms with Crippen LogP contribution in [0.1, 0.15) is 57.4 Å². The van der Waals surface area contributed by atoms with Crippen molar-refractivity contribution in [1.29, 1.82) is 0 Å². The van der Waals surface area contributed by atoms with Gasteiger partial charge in [0, 0.05) is 57.0 Å². The van der Waals surface area contributed by atoms with Crippen molar-refractivity contribution >= 4 is 11.9 Å². The summed E-state index contributed by atoms with van der Waals surface area (Å²) in [5.41, 5.74) is 4.32. The van der Waals surface area contributed by atoms with Crippen molar-refractivity contribution in [3.63, 3.8) is 0 Å². The zero-order chi connectivity index (χ0) is 24.8. The van der Waals surface area contributed by atoms with Gasteiger partial charge in [0.1, 0.15) is 0 Å². The molecule has 0 bridgehead atoms. The summed E-state index contributed by atoms with van der Waals surface area (Å²) in [6.45, 7) is 8.40. The molecule has 1 N–H and O–H groups in total. The van der Waals surface area contributed by atoms with E-state index in [0.29, 0.717) is 43.5 Å². The van der Waals surface area contributed by atoms with Crippen molar-refractivity contribution < 1.29 is 19.1 Å². The summed E-state index contributed by atoms with van der Waals surface area (Å²) in [6.07, 6.45) is 3.13. The maximum Gasteiger partial charge on any atom is 0.337 e. The highest BCUT2D eigenvalue weighted by Crippen LogP contribution is 2.25. The third kappa shape index (κ3) is 5.91. The van der Waals surface area contributed by atoms with Crippen LogP contribution in [0.4, 0.5) is 0 Å². The Morgan fingerprint density at radius 2 is 1.97 bits per heavy atom. The molecule has 190 valence electrons. The molecule has 1 fully saturated rings.